The van der Waals surface area contributed by atoms with E-state index in [0.29, 0.717) is 12.2 Å². The lowest BCUT2D eigenvalue weighted by Crippen LogP contribution is -2.46. The molecule has 1 aliphatic heterocycles. The molecule has 0 aliphatic carbocycles. The van der Waals surface area contributed by atoms with E-state index >= 15 is 0 Å². The molecule has 0 bridgehead atoms. The van der Waals surface area contributed by atoms with Gasteiger partial charge in [-0.15, -0.1) is 0 Å². The van der Waals surface area contributed by atoms with Crippen LogP contribution in [0, 0.1) is 0 Å². The van der Waals surface area contributed by atoms with E-state index in [9.17, 15) is 0 Å². The highest BCUT2D eigenvalue weighted by Gasteiger charge is 2.21. The summed E-state index contributed by atoms with van der Waals surface area (Å²) in [5.74, 6) is 0. The number of ether oxygens (including phenoxy) is 1. The molecule has 0 N–H and O–H groups in total. The van der Waals surface area contributed by atoms with E-state index < -0.39 is 0 Å². The minimum Gasteiger partial charge on any atom is -0.373 e. The lowest BCUT2D eigenvalue weighted by Gasteiger charge is -2.34. The lowest BCUT2D eigenvalue weighted by molar-refractivity contribution is -0.0692. The first-order valence-corrected chi connectivity index (χ1v) is 5.22. The number of morpholine rings is 1. The van der Waals surface area contributed by atoms with Crippen LogP contribution < -0.4 is 0 Å². The molecule has 0 spiro atoms. The number of hydrogen-bond donors (Lipinski definition) is 0. The van der Waals surface area contributed by atoms with Gasteiger partial charge in [-0.2, -0.15) is 0 Å². The van der Waals surface area contributed by atoms with Crippen molar-refractivity contribution in [2.75, 3.05) is 26.2 Å². The van der Waals surface area contributed by atoms with Crippen LogP contribution in [0.15, 0.2) is 0 Å². The first-order valence-electron chi connectivity index (χ1n) is 4.33. The van der Waals surface area contributed by atoms with Gasteiger partial charge in [0.1, 0.15) is 23.0 Å². The predicted molar refractivity (Wildman–Crippen MR) is 56.4 cm³/mol. The zero-order chi connectivity index (χ0) is 8.97. The highest BCUT2D eigenvalue weighted by Crippen LogP contribution is 2.09. The molecule has 1 aliphatic rings. The standard InChI is InChI=1S/C8H16INO2/c1-7-5-10(3-4-11-9)6-8(2)12-7/h7-8H,3-6H2,1-2H3. The summed E-state index contributed by atoms with van der Waals surface area (Å²) in [6.45, 7) is 8.12. The SMILES string of the molecule is CC1CN(CCOI)CC(C)O1. The van der Waals surface area contributed by atoms with Gasteiger partial charge >= 0.3 is 0 Å². The summed E-state index contributed by atoms with van der Waals surface area (Å²) in [5.41, 5.74) is 0. The zero-order valence-corrected chi connectivity index (χ0v) is 9.78. The molecule has 1 fully saturated rings. The van der Waals surface area contributed by atoms with Gasteiger partial charge in [0.2, 0.25) is 0 Å². The van der Waals surface area contributed by atoms with E-state index in [4.69, 9.17) is 7.80 Å². The van der Waals surface area contributed by atoms with Crippen molar-refractivity contribution in [3.8, 4) is 0 Å². The third-order valence-corrected chi connectivity index (χ3v) is 2.42. The van der Waals surface area contributed by atoms with Gasteiger partial charge in [0.25, 0.3) is 0 Å². The fourth-order valence-corrected chi connectivity index (χ4v) is 1.83. The molecule has 2 unspecified atom stereocenters. The van der Waals surface area contributed by atoms with Crippen molar-refractivity contribution in [2.45, 2.75) is 26.1 Å². The topological polar surface area (TPSA) is 21.7 Å². The van der Waals surface area contributed by atoms with Gasteiger partial charge in [-0.3, -0.25) is 4.90 Å². The van der Waals surface area contributed by atoms with E-state index in [1.54, 1.807) is 0 Å². The summed E-state index contributed by atoms with van der Waals surface area (Å²) in [7, 11) is 0. The zero-order valence-electron chi connectivity index (χ0n) is 7.62. The first-order chi connectivity index (χ1) is 5.72. The number of halogens is 1. The largest absolute Gasteiger partial charge is 0.373 e. The summed E-state index contributed by atoms with van der Waals surface area (Å²) in [6.07, 6.45) is 0.728. The molecule has 2 atom stereocenters. The second kappa shape index (κ2) is 5.36. The van der Waals surface area contributed by atoms with Gasteiger partial charge in [-0.25, -0.2) is 0 Å². The molecule has 4 heteroatoms. The van der Waals surface area contributed by atoms with Crippen LogP contribution in [0.5, 0.6) is 0 Å². The quantitative estimate of drug-likeness (QED) is 0.733. The van der Waals surface area contributed by atoms with Crippen LogP contribution in [0.25, 0.3) is 0 Å². The Morgan fingerprint density at radius 3 is 2.50 bits per heavy atom. The van der Waals surface area contributed by atoms with Gasteiger partial charge in [0, 0.05) is 19.6 Å². The molecule has 72 valence electrons. The minimum absolute atomic E-state index is 0.364. The van der Waals surface area contributed by atoms with Crippen LogP contribution in [0.1, 0.15) is 13.8 Å². The van der Waals surface area contributed by atoms with Crippen LogP contribution >= 0.6 is 23.0 Å². The lowest BCUT2D eigenvalue weighted by atomic mass is 10.2. The molecule has 0 aromatic rings. The second-order valence-corrected chi connectivity index (χ2v) is 3.95. The fraction of sp³-hybridized carbons (Fsp3) is 1.00. The van der Waals surface area contributed by atoms with E-state index in [2.05, 4.69) is 18.7 Å². The Balaban J connectivity index is 2.24. The molecule has 0 amide bonds. The number of nitrogens with zero attached hydrogens (tertiary/aromatic N) is 1. The molecule has 1 rings (SSSR count). The third-order valence-electron chi connectivity index (χ3n) is 1.98. The molecule has 3 nitrogen and oxygen atoms in total. The molecule has 0 radical (unpaired) electrons. The van der Waals surface area contributed by atoms with E-state index in [0.717, 1.165) is 26.2 Å². The van der Waals surface area contributed by atoms with Crippen molar-refractivity contribution in [1.29, 1.82) is 0 Å². The Labute approximate surface area is 88.1 Å². The van der Waals surface area contributed by atoms with Gasteiger partial charge < -0.3 is 7.80 Å². The summed E-state index contributed by atoms with van der Waals surface area (Å²) in [4.78, 5) is 2.39. The second-order valence-electron chi connectivity index (χ2n) is 3.33. The van der Waals surface area contributed by atoms with Crippen molar-refractivity contribution in [3.63, 3.8) is 0 Å². The maximum absolute atomic E-state index is 5.61. The van der Waals surface area contributed by atoms with Gasteiger partial charge in [-0.1, -0.05) is 0 Å². The van der Waals surface area contributed by atoms with Crippen molar-refractivity contribution in [2.24, 2.45) is 0 Å². The van der Waals surface area contributed by atoms with Gasteiger partial charge in [0.15, 0.2) is 0 Å². The monoisotopic (exact) mass is 285 g/mol. The minimum atomic E-state index is 0.364. The van der Waals surface area contributed by atoms with Crippen LogP contribution in [0.4, 0.5) is 0 Å². The fourth-order valence-electron chi connectivity index (χ4n) is 1.63. The molecule has 0 aromatic heterocycles. The molecular weight excluding hydrogens is 269 g/mol. The van der Waals surface area contributed by atoms with Crippen molar-refractivity contribution >= 4 is 23.0 Å². The summed E-state index contributed by atoms with van der Waals surface area (Å²) in [6, 6.07) is 0. The van der Waals surface area contributed by atoms with Crippen LogP contribution in [-0.4, -0.2) is 43.3 Å². The molecule has 0 saturated carbocycles. The summed E-state index contributed by atoms with van der Waals surface area (Å²) in [5, 5.41) is 0. The van der Waals surface area contributed by atoms with E-state index in [1.807, 2.05) is 23.0 Å². The maximum Gasteiger partial charge on any atom is 0.109 e. The Kier molecular flexibility index (Phi) is 4.78. The Morgan fingerprint density at radius 2 is 2.00 bits per heavy atom. The van der Waals surface area contributed by atoms with Crippen molar-refractivity contribution in [3.05, 3.63) is 0 Å². The van der Waals surface area contributed by atoms with Gasteiger partial charge in [0.05, 0.1) is 18.8 Å². The highest BCUT2D eigenvalue weighted by atomic mass is 127. The third kappa shape index (κ3) is 3.55. The number of rotatable bonds is 3. The maximum atomic E-state index is 5.61. The van der Waals surface area contributed by atoms with Crippen LogP contribution in [-0.2, 0) is 7.80 Å². The van der Waals surface area contributed by atoms with Crippen molar-refractivity contribution < 1.29 is 7.80 Å². The Hall–Kier alpha value is 0.610. The average Bonchev–Trinajstić information content (AvgIpc) is 1.99. The van der Waals surface area contributed by atoms with E-state index in [1.165, 1.54) is 0 Å². The molecular formula is C8H16INO2. The molecule has 0 aromatic carbocycles. The van der Waals surface area contributed by atoms with E-state index in [-0.39, 0.29) is 0 Å². The Morgan fingerprint density at radius 1 is 1.42 bits per heavy atom. The smallest absolute Gasteiger partial charge is 0.109 e. The number of hydrogen-bond acceptors (Lipinski definition) is 3. The first kappa shape index (κ1) is 10.7. The summed E-state index contributed by atoms with van der Waals surface area (Å²) < 4.78 is 10.6. The highest BCUT2D eigenvalue weighted by molar-refractivity contribution is 14.1. The average molecular weight is 285 g/mol. The molecule has 1 heterocycles. The van der Waals surface area contributed by atoms with Crippen molar-refractivity contribution in [1.82, 2.24) is 4.90 Å². The van der Waals surface area contributed by atoms with Crippen LogP contribution in [0.3, 0.4) is 0 Å². The van der Waals surface area contributed by atoms with Crippen LogP contribution in [0.2, 0.25) is 0 Å². The molecule has 12 heavy (non-hydrogen) atoms. The Bertz CT molecular complexity index is 124. The predicted octanol–water partition coefficient (Wildman–Crippen LogP) is 1.46. The summed E-state index contributed by atoms with van der Waals surface area (Å²) >= 11 is 1.94. The normalized spacial score (nSPS) is 32.2. The van der Waals surface area contributed by atoms with Gasteiger partial charge in [-0.05, 0) is 13.8 Å². The molecule has 1 saturated heterocycles.